The van der Waals surface area contributed by atoms with Crippen LogP contribution in [-0.4, -0.2) is 36.1 Å². The number of likely N-dealkylation sites (N-methyl/N-ethyl adjacent to an activating group) is 1. The molecule has 1 aliphatic carbocycles. The molecule has 1 amide bonds. The molecule has 1 rings (SSSR count). The number of carbonyl (C=O) groups is 1. The molecule has 0 saturated heterocycles. The van der Waals surface area contributed by atoms with Crippen molar-refractivity contribution < 1.29 is 9.90 Å². The molecule has 0 aromatic heterocycles. The van der Waals surface area contributed by atoms with Gasteiger partial charge in [0.15, 0.2) is 0 Å². The third-order valence-corrected chi connectivity index (χ3v) is 2.79. The highest BCUT2D eigenvalue weighted by Crippen LogP contribution is 2.26. The van der Waals surface area contributed by atoms with Crippen LogP contribution < -0.4 is 0 Å². The van der Waals surface area contributed by atoms with Crippen LogP contribution in [0.25, 0.3) is 0 Å². The number of amides is 1. The summed E-state index contributed by atoms with van der Waals surface area (Å²) in [6, 6.07) is 0. The zero-order valence-electron chi connectivity index (χ0n) is 8.49. The van der Waals surface area contributed by atoms with Crippen molar-refractivity contribution in [3.63, 3.8) is 0 Å². The van der Waals surface area contributed by atoms with Gasteiger partial charge in [-0.2, -0.15) is 0 Å². The molecule has 0 heterocycles. The monoisotopic (exact) mass is 185 g/mol. The van der Waals surface area contributed by atoms with Gasteiger partial charge in [0.05, 0.1) is 0 Å². The van der Waals surface area contributed by atoms with Crippen molar-refractivity contribution in [2.45, 2.75) is 38.2 Å². The lowest BCUT2D eigenvalue weighted by Crippen LogP contribution is -2.39. The van der Waals surface area contributed by atoms with Crippen molar-refractivity contribution in [1.82, 2.24) is 4.90 Å². The maximum absolute atomic E-state index is 11.4. The van der Waals surface area contributed by atoms with Gasteiger partial charge in [0.1, 0.15) is 6.10 Å². The molecule has 0 aromatic carbocycles. The van der Waals surface area contributed by atoms with E-state index in [2.05, 4.69) is 0 Å². The minimum atomic E-state index is -0.768. The van der Waals surface area contributed by atoms with Crippen LogP contribution in [0.2, 0.25) is 0 Å². The molecule has 1 unspecified atom stereocenters. The van der Waals surface area contributed by atoms with E-state index in [4.69, 9.17) is 0 Å². The highest BCUT2D eigenvalue weighted by molar-refractivity contribution is 5.80. The normalized spacial score (nSPS) is 21.2. The molecule has 1 fully saturated rings. The van der Waals surface area contributed by atoms with E-state index in [9.17, 15) is 9.90 Å². The molecule has 0 radical (unpaired) electrons. The van der Waals surface area contributed by atoms with E-state index in [1.165, 1.54) is 11.3 Å². The third-order valence-electron chi connectivity index (χ3n) is 2.79. The summed E-state index contributed by atoms with van der Waals surface area (Å²) in [4.78, 5) is 12.9. The summed E-state index contributed by atoms with van der Waals surface area (Å²) in [5.41, 5.74) is 0. The predicted molar refractivity (Wildman–Crippen MR) is 51.3 cm³/mol. The van der Waals surface area contributed by atoms with Crippen LogP contribution >= 0.6 is 0 Å². The second kappa shape index (κ2) is 4.61. The minimum absolute atomic E-state index is 0.146. The number of hydrogen-bond donors (Lipinski definition) is 1. The molecular formula is C10H19NO2. The van der Waals surface area contributed by atoms with E-state index >= 15 is 0 Å². The van der Waals surface area contributed by atoms with E-state index in [1.807, 2.05) is 0 Å². The van der Waals surface area contributed by atoms with Crippen LogP contribution in [0.5, 0.6) is 0 Å². The average Bonchev–Trinajstić information content (AvgIpc) is 2.17. The van der Waals surface area contributed by atoms with Crippen LogP contribution in [0.3, 0.4) is 0 Å². The molecule has 1 atom stereocenters. The minimum Gasteiger partial charge on any atom is -0.383 e. The van der Waals surface area contributed by atoms with Gasteiger partial charge in [-0.05, 0) is 18.8 Å². The van der Waals surface area contributed by atoms with E-state index in [0.29, 0.717) is 0 Å². The molecule has 13 heavy (non-hydrogen) atoms. The molecular weight excluding hydrogens is 166 g/mol. The zero-order valence-corrected chi connectivity index (χ0v) is 8.49. The maximum atomic E-state index is 11.4. The fourth-order valence-corrected chi connectivity index (χ4v) is 1.92. The summed E-state index contributed by atoms with van der Waals surface area (Å²) in [5, 5.41) is 9.72. The SMILES string of the molecule is CN(C)C(=O)C(O)C1CCCCC1. The summed E-state index contributed by atoms with van der Waals surface area (Å²) < 4.78 is 0. The van der Waals surface area contributed by atoms with Crippen LogP contribution in [0.1, 0.15) is 32.1 Å². The van der Waals surface area contributed by atoms with Gasteiger partial charge in [-0.3, -0.25) is 4.79 Å². The topological polar surface area (TPSA) is 40.5 Å². The lowest BCUT2D eigenvalue weighted by molar-refractivity contribution is -0.141. The Hall–Kier alpha value is -0.570. The van der Waals surface area contributed by atoms with Crippen molar-refractivity contribution in [3.8, 4) is 0 Å². The largest absolute Gasteiger partial charge is 0.383 e. The van der Waals surface area contributed by atoms with Crippen LogP contribution in [0.4, 0.5) is 0 Å². The first kappa shape index (κ1) is 10.5. The second-order valence-corrected chi connectivity index (χ2v) is 4.08. The standard InChI is InChI=1S/C10H19NO2/c1-11(2)10(13)9(12)8-6-4-3-5-7-8/h8-9,12H,3-7H2,1-2H3. The Balaban J connectivity index is 2.45. The maximum Gasteiger partial charge on any atom is 0.251 e. The first-order valence-corrected chi connectivity index (χ1v) is 5.02. The van der Waals surface area contributed by atoms with Crippen LogP contribution in [-0.2, 0) is 4.79 Å². The number of aliphatic hydroxyl groups is 1. The van der Waals surface area contributed by atoms with Gasteiger partial charge in [-0.1, -0.05) is 19.3 Å². The molecule has 0 spiro atoms. The molecule has 3 heteroatoms. The smallest absolute Gasteiger partial charge is 0.251 e. The Morgan fingerprint density at radius 3 is 2.31 bits per heavy atom. The number of nitrogens with zero attached hydrogens (tertiary/aromatic N) is 1. The Labute approximate surface area is 79.7 Å². The van der Waals surface area contributed by atoms with Gasteiger partial charge in [0.2, 0.25) is 0 Å². The summed E-state index contributed by atoms with van der Waals surface area (Å²) in [5.74, 6) is 0.0514. The molecule has 3 nitrogen and oxygen atoms in total. The number of aliphatic hydroxyl groups excluding tert-OH is 1. The van der Waals surface area contributed by atoms with E-state index < -0.39 is 6.10 Å². The zero-order chi connectivity index (χ0) is 9.84. The Bertz CT molecular complexity index is 174. The summed E-state index contributed by atoms with van der Waals surface area (Å²) in [6.07, 6.45) is 4.79. The van der Waals surface area contributed by atoms with Gasteiger partial charge >= 0.3 is 0 Å². The van der Waals surface area contributed by atoms with Crippen molar-refractivity contribution in [2.24, 2.45) is 5.92 Å². The quantitative estimate of drug-likeness (QED) is 0.697. The highest BCUT2D eigenvalue weighted by Gasteiger charge is 2.28. The molecule has 1 saturated carbocycles. The van der Waals surface area contributed by atoms with Crippen molar-refractivity contribution in [1.29, 1.82) is 0 Å². The highest BCUT2D eigenvalue weighted by atomic mass is 16.3. The fraction of sp³-hybridized carbons (Fsp3) is 0.900. The first-order chi connectivity index (χ1) is 6.13. The van der Waals surface area contributed by atoms with E-state index in [1.54, 1.807) is 14.1 Å². The molecule has 1 aliphatic rings. The first-order valence-electron chi connectivity index (χ1n) is 5.02. The van der Waals surface area contributed by atoms with E-state index in [-0.39, 0.29) is 11.8 Å². The summed E-state index contributed by atoms with van der Waals surface area (Å²) in [6.45, 7) is 0. The number of carbonyl (C=O) groups excluding carboxylic acids is 1. The number of rotatable bonds is 2. The van der Waals surface area contributed by atoms with Gasteiger partial charge in [-0.15, -0.1) is 0 Å². The van der Waals surface area contributed by atoms with Gasteiger partial charge in [0, 0.05) is 14.1 Å². The van der Waals surface area contributed by atoms with E-state index in [0.717, 1.165) is 25.7 Å². The van der Waals surface area contributed by atoms with Gasteiger partial charge in [0.25, 0.3) is 5.91 Å². The van der Waals surface area contributed by atoms with Crippen molar-refractivity contribution in [2.75, 3.05) is 14.1 Å². The van der Waals surface area contributed by atoms with Gasteiger partial charge in [-0.25, -0.2) is 0 Å². The van der Waals surface area contributed by atoms with Crippen molar-refractivity contribution in [3.05, 3.63) is 0 Å². The third kappa shape index (κ3) is 2.69. The molecule has 0 bridgehead atoms. The van der Waals surface area contributed by atoms with Crippen LogP contribution in [0.15, 0.2) is 0 Å². The molecule has 76 valence electrons. The molecule has 1 N–H and O–H groups in total. The Morgan fingerprint density at radius 2 is 1.85 bits per heavy atom. The number of hydrogen-bond acceptors (Lipinski definition) is 2. The Kier molecular flexibility index (Phi) is 3.72. The van der Waals surface area contributed by atoms with Crippen LogP contribution in [0, 0.1) is 5.92 Å². The fourth-order valence-electron chi connectivity index (χ4n) is 1.92. The van der Waals surface area contributed by atoms with Crippen molar-refractivity contribution >= 4 is 5.91 Å². The molecule has 0 aromatic rings. The average molecular weight is 185 g/mol. The summed E-state index contributed by atoms with van der Waals surface area (Å²) in [7, 11) is 3.38. The molecule has 0 aliphatic heterocycles. The summed E-state index contributed by atoms with van der Waals surface area (Å²) >= 11 is 0. The second-order valence-electron chi connectivity index (χ2n) is 4.08. The van der Waals surface area contributed by atoms with Gasteiger partial charge < -0.3 is 10.0 Å². The Morgan fingerprint density at radius 1 is 1.31 bits per heavy atom. The lowest BCUT2D eigenvalue weighted by atomic mass is 9.85. The predicted octanol–water partition coefficient (Wildman–Crippen LogP) is 1.02. The lowest BCUT2D eigenvalue weighted by Gasteiger charge is -2.27.